The van der Waals surface area contributed by atoms with Gasteiger partial charge in [-0.3, -0.25) is 14.4 Å². The molecule has 2 aliphatic heterocycles. The lowest BCUT2D eigenvalue weighted by Crippen LogP contribution is -2.38. The van der Waals surface area contributed by atoms with Crippen LogP contribution in [-0.2, 0) is 38.1 Å². The summed E-state index contributed by atoms with van der Waals surface area (Å²) in [7, 11) is 0. The standard InChI is InChI=1S/C30H31N5O3/c1-29(22-5-4-11-31-28(22)32-18-36)14-19-8-9-21(13-20(19)15-29)33-25(37)10-12-35-17-30(2)16-26(38)34-23-6-3-7-24(35)27(23)30/h3-9,11,13,18H,10,12,14-17H2,1-2H3,(H,33,37)(H,34,38)(H,31,32,36). The Hall–Kier alpha value is -4.20. The van der Waals surface area contributed by atoms with Crippen LogP contribution in [0.2, 0.25) is 0 Å². The Balaban J connectivity index is 1.12. The second kappa shape index (κ2) is 8.97. The molecule has 2 unspecified atom stereocenters. The molecule has 194 valence electrons. The average Bonchev–Trinajstić information content (AvgIpc) is 3.37. The Morgan fingerprint density at radius 3 is 2.76 bits per heavy atom. The van der Waals surface area contributed by atoms with E-state index in [0.29, 0.717) is 31.6 Å². The number of benzene rings is 2. The Kier molecular flexibility index (Phi) is 5.70. The van der Waals surface area contributed by atoms with E-state index in [2.05, 4.69) is 57.9 Å². The smallest absolute Gasteiger partial charge is 0.226 e. The zero-order valence-electron chi connectivity index (χ0n) is 21.6. The third-order valence-corrected chi connectivity index (χ3v) is 8.26. The van der Waals surface area contributed by atoms with E-state index in [1.807, 2.05) is 30.3 Å². The van der Waals surface area contributed by atoms with Crippen LogP contribution in [-0.4, -0.2) is 36.3 Å². The number of anilines is 4. The van der Waals surface area contributed by atoms with Crippen molar-refractivity contribution in [3.05, 3.63) is 77.0 Å². The number of nitrogens with zero attached hydrogens (tertiary/aromatic N) is 2. The number of carbonyl (C=O) groups excluding carboxylic acids is 3. The summed E-state index contributed by atoms with van der Waals surface area (Å²) in [5.41, 5.74) is 6.98. The summed E-state index contributed by atoms with van der Waals surface area (Å²) in [6.45, 7) is 5.64. The predicted octanol–water partition coefficient (Wildman–Crippen LogP) is 4.16. The molecule has 2 atom stereocenters. The van der Waals surface area contributed by atoms with E-state index in [1.54, 1.807) is 6.20 Å². The fourth-order valence-electron chi connectivity index (χ4n) is 6.68. The van der Waals surface area contributed by atoms with Crippen molar-refractivity contribution in [3.8, 4) is 0 Å². The molecule has 3 heterocycles. The third-order valence-electron chi connectivity index (χ3n) is 8.26. The molecule has 1 aromatic heterocycles. The summed E-state index contributed by atoms with van der Waals surface area (Å²) in [5, 5.41) is 8.80. The van der Waals surface area contributed by atoms with Gasteiger partial charge in [0.1, 0.15) is 5.82 Å². The van der Waals surface area contributed by atoms with E-state index in [0.717, 1.165) is 42.0 Å². The van der Waals surface area contributed by atoms with E-state index in [9.17, 15) is 14.4 Å². The number of fused-ring (bicyclic) bond motifs is 1. The minimum atomic E-state index is -0.229. The minimum absolute atomic E-state index is 0.0363. The summed E-state index contributed by atoms with van der Waals surface area (Å²) in [4.78, 5) is 42.8. The van der Waals surface area contributed by atoms with Crippen LogP contribution in [0.25, 0.3) is 0 Å². The second-order valence-electron chi connectivity index (χ2n) is 11.3. The van der Waals surface area contributed by atoms with Gasteiger partial charge in [-0.15, -0.1) is 0 Å². The lowest BCUT2D eigenvalue weighted by atomic mass is 9.78. The van der Waals surface area contributed by atoms with Crippen molar-refractivity contribution in [2.45, 2.75) is 50.4 Å². The summed E-state index contributed by atoms with van der Waals surface area (Å²) in [6.07, 6.45) is 4.78. The summed E-state index contributed by atoms with van der Waals surface area (Å²) in [5.74, 6) is 0.601. The molecule has 0 radical (unpaired) electrons. The van der Waals surface area contributed by atoms with Crippen molar-refractivity contribution >= 4 is 41.1 Å². The maximum Gasteiger partial charge on any atom is 0.226 e. The topological polar surface area (TPSA) is 103 Å². The van der Waals surface area contributed by atoms with Gasteiger partial charge in [0.15, 0.2) is 0 Å². The summed E-state index contributed by atoms with van der Waals surface area (Å²) < 4.78 is 0. The quantitative estimate of drug-likeness (QED) is 0.415. The molecule has 8 nitrogen and oxygen atoms in total. The predicted molar refractivity (Wildman–Crippen MR) is 148 cm³/mol. The highest BCUT2D eigenvalue weighted by Gasteiger charge is 2.45. The van der Waals surface area contributed by atoms with E-state index >= 15 is 0 Å². The maximum absolute atomic E-state index is 13.0. The maximum atomic E-state index is 13.0. The van der Waals surface area contributed by atoms with Gasteiger partial charge in [0.05, 0.1) is 0 Å². The van der Waals surface area contributed by atoms with Gasteiger partial charge >= 0.3 is 0 Å². The SMILES string of the molecule is CC1(c2cccnc2NC=O)Cc2ccc(NC(=O)CCN3CC4(C)CC(=O)Nc5cccc3c54)cc2C1. The molecule has 6 rings (SSSR count). The van der Waals surface area contributed by atoms with Crippen LogP contribution in [0.15, 0.2) is 54.7 Å². The lowest BCUT2D eigenvalue weighted by molar-refractivity contribution is -0.118. The summed E-state index contributed by atoms with van der Waals surface area (Å²) in [6, 6.07) is 16.0. The highest BCUT2D eigenvalue weighted by Crippen LogP contribution is 2.49. The van der Waals surface area contributed by atoms with Gasteiger partial charge in [-0.05, 0) is 54.3 Å². The zero-order valence-corrected chi connectivity index (χ0v) is 21.6. The molecule has 0 spiro atoms. The number of carbonyl (C=O) groups is 3. The first-order valence-electron chi connectivity index (χ1n) is 13.0. The molecule has 3 N–H and O–H groups in total. The van der Waals surface area contributed by atoms with Crippen LogP contribution < -0.4 is 20.9 Å². The number of nitrogens with one attached hydrogen (secondary N) is 3. The van der Waals surface area contributed by atoms with Gasteiger partial charge in [-0.2, -0.15) is 0 Å². The van der Waals surface area contributed by atoms with Gasteiger partial charge in [-0.1, -0.05) is 32.0 Å². The van der Waals surface area contributed by atoms with Crippen LogP contribution in [0.5, 0.6) is 0 Å². The zero-order chi connectivity index (χ0) is 26.5. The van der Waals surface area contributed by atoms with Gasteiger partial charge < -0.3 is 20.9 Å². The molecule has 0 fully saturated rings. The summed E-state index contributed by atoms with van der Waals surface area (Å²) >= 11 is 0. The van der Waals surface area contributed by atoms with E-state index in [1.165, 1.54) is 16.7 Å². The number of hydrogen-bond donors (Lipinski definition) is 3. The van der Waals surface area contributed by atoms with E-state index < -0.39 is 0 Å². The van der Waals surface area contributed by atoms with Crippen LogP contribution in [0.1, 0.15) is 48.9 Å². The molecule has 38 heavy (non-hydrogen) atoms. The lowest BCUT2D eigenvalue weighted by Gasteiger charge is -2.30. The van der Waals surface area contributed by atoms with E-state index in [-0.39, 0.29) is 22.6 Å². The molecular weight excluding hydrogens is 478 g/mol. The van der Waals surface area contributed by atoms with Crippen molar-refractivity contribution in [2.75, 3.05) is 33.9 Å². The van der Waals surface area contributed by atoms with Gasteiger partial charge in [0, 0.05) is 71.1 Å². The molecule has 0 bridgehead atoms. The normalized spacial score (nSPS) is 22.9. The van der Waals surface area contributed by atoms with Crippen molar-refractivity contribution in [1.82, 2.24) is 4.98 Å². The Bertz CT molecular complexity index is 1470. The van der Waals surface area contributed by atoms with Crippen molar-refractivity contribution in [3.63, 3.8) is 0 Å². The van der Waals surface area contributed by atoms with Gasteiger partial charge in [0.2, 0.25) is 18.2 Å². The fraction of sp³-hybridized carbons (Fsp3) is 0.333. The first-order chi connectivity index (χ1) is 18.3. The van der Waals surface area contributed by atoms with Gasteiger partial charge in [-0.25, -0.2) is 4.98 Å². The average molecular weight is 510 g/mol. The Morgan fingerprint density at radius 2 is 1.92 bits per heavy atom. The second-order valence-corrected chi connectivity index (χ2v) is 11.3. The number of rotatable bonds is 7. The van der Waals surface area contributed by atoms with Crippen LogP contribution in [0, 0.1) is 0 Å². The van der Waals surface area contributed by atoms with Crippen LogP contribution in [0.3, 0.4) is 0 Å². The fourth-order valence-corrected chi connectivity index (χ4v) is 6.68. The molecular formula is C30H31N5O3. The van der Waals surface area contributed by atoms with Crippen LogP contribution >= 0.6 is 0 Å². The first kappa shape index (κ1) is 24.2. The first-order valence-corrected chi connectivity index (χ1v) is 13.0. The third kappa shape index (κ3) is 4.10. The van der Waals surface area contributed by atoms with E-state index in [4.69, 9.17) is 0 Å². The number of amides is 3. The Morgan fingerprint density at radius 1 is 1.08 bits per heavy atom. The highest BCUT2D eigenvalue weighted by atomic mass is 16.2. The largest absolute Gasteiger partial charge is 0.370 e. The number of hydrogen-bond acceptors (Lipinski definition) is 5. The monoisotopic (exact) mass is 509 g/mol. The molecule has 2 aromatic carbocycles. The molecule has 0 saturated carbocycles. The number of aromatic nitrogens is 1. The molecule has 3 aliphatic rings. The molecule has 1 aliphatic carbocycles. The van der Waals surface area contributed by atoms with Crippen LogP contribution in [0.4, 0.5) is 22.9 Å². The van der Waals surface area contributed by atoms with Crippen molar-refractivity contribution in [1.29, 1.82) is 0 Å². The minimum Gasteiger partial charge on any atom is -0.370 e. The van der Waals surface area contributed by atoms with Crippen molar-refractivity contribution in [2.24, 2.45) is 0 Å². The molecule has 3 amide bonds. The van der Waals surface area contributed by atoms with Gasteiger partial charge in [0.25, 0.3) is 0 Å². The molecule has 8 heteroatoms. The highest BCUT2D eigenvalue weighted by molar-refractivity contribution is 5.98. The van der Waals surface area contributed by atoms with Crippen molar-refractivity contribution < 1.29 is 14.4 Å². The number of pyridine rings is 1. The molecule has 0 saturated heterocycles. The molecule has 3 aromatic rings. The Labute approximate surface area is 221 Å².